The van der Waals surface area contributed by atoms with Gasteiger partial charge in [0.15, 0.2) is 6.04 Å². The predicted octanol–water partition coefficient (Wildman–Crippen LogP) is 5.54. The predicted molar refractivity (Wildman–Crippen MR) is 173 cm³/mol. The SMILES string of the molecule is C[N+]1(Cc2ccc(F)cc2)CCC/C(=[N+](\C(=O)Nc2ccc(OC(=O)C3CCCCC3)cc2)[C@@H](Cc2ccc(O)cc2)C(N)=O)C1. The number of carbonyl (C=O) groups is 3. The van der Waals surface area contributed by atoms with Gasteiger partial charge in [0.25, 0.3) is 5.91 Å². The molecule has 1 unspecified atom stereocenters. The number of rotatable bonds is 9. The van der Waals surface area contributed by atoms with Crippen LogP contribution >= 0.6 is 0 Å². The van der Waals surface area contributed by atoms with Gasteiger partial charge in [-0.05, 0) is 66.9 Å². The molecule has 0 aromatic heterocycles. The van der Waals surface area contributed by atoms with Crippen molar-refractivity contribution in [2.75, 3.05) is 25.5 Å². The van der Waals surface area contributed by atoms with Crippen LogP contribution in [0.2, 0.25) is 0 Å². The maximum atomic E-state index is 14.1. The van der Waals surface area contributed by atoms with Crippen LogP contribution in [0.15, 0.2) is 72.8 Å². The number of hydrogen-bond donors (Lipinski definition) is 3. The molecular formula is C36H43FN4O5+2. The van der Waals surface area contributed by atoms with E-state index in [0.717, 1.165) is 61.9 Å². The standard InChI is InChI=1S/C36H41FN4O5/c1-41(23-26-9-13-28(37)14-10-26)21-5-8-30(24-41)40(33(34(38)43)22-25-11-17-31(42)18-12-25)36(45)39-29-15-19-32(20-16-29)46-35(44)27-6-3-2-4-7-27/h9-20,27,33H,2-8,21-24H2,1H3,(H2-2,38,39,42,43,45)/p+2/b40-30+/t33-,41?/m0/s1. The summed E-state index contributed by atoms with van der Waals surface area (Å²) < 4.78 is 21.2. The molecule has 3 aromatic carbocycles. The highest BCUT2D eigenvalue weighted by atomic mass is 19.1. The summed E-state index contributed by atoms with van der Waals surface area (Å²) in [4.78, 5) is 39.7. The number of likely N-dealkylation sites (tertiary alicyclic amines) is 1. The van der Waals surface area contributed by atoms with Gasteiger partial charge >= 0.3 is 12.0 Å². The molecule has 2 fully saturated rings. The number of phenols is 1. The van der Waals surface area contributed by atoms with Crippen molar-refractivity contribution in [2.24, 2.45) is 11.7 Å². The Kier molecular flexibility index (Phi) is 10.5. The van der Waals surface area contributed by atoms with Crippen molar-refractivity contribution in [3.63, 3.8) is 0 Å². The second kappa shape index (κ2) is 14.7. The summed E-state index contributed by atoms with van der Waals surface area (Å²) in [6, 6.07) is 18.0. The lowest BCUT2D eigenvalue weighted by Crippen LogP contribution is -2.56. The van der Waals surface area contributed by atoms with Crippen molar-refractivity contribution in [2.45, 2.75) is 64.0 Å². The number of amides is 3. The van der Waals surface area contributed by atoms with E-state index in [1.54, 1.807) is 48.5 Å². The number of quaternary nitrogens is 1. The quantitative estimate of drug-likeness (QED) is 0.124. The van der Waals surface area contributed by atoms with Crippen LogP contribution in [0, 0.1) is 11.7 Å². The Labute approximate surface area is 269 Å². The fraction of sp³-hybridized carbons (Fsp3) is 0.389. The first-order chi connectivity index (χ1) is 22.1. The zero-order valence-electron chi connectivity index (χ0n) is 26.3. The van der Waals surface area contributed by atoms with E-state index in [1.165, 1.54) is 28.8 Å². The number of aromatic hydroxyl groups is 1. The Morgan fingerprint density at radius 1 is 0.957 bits per heavy atom. The molecule has 0 bridgehead atoms. The number of nitrogens with two attached hydrogens (primary N) is 1. The van der Waals surface area contributed by atoms with Crippen LogP contribution in [0.25, 0.3) is 0 Å². The Bertz CT molecular complexity index is 1570. The highest BCUT2D eigenvalue weighted by molar-refractivity contribution is 5.94. The number of hydrogen-bond acceptors (Lipinski definition) is 5. The summed E-state index contributed by atoms with van der Waals surface area (Å²) in [5, 5.41) is 12.7. The first-order valence-corrected chi connectivity index (χ1v) is 16.0. The number of nitrogens with zero attached hydrogens (tertiary/aromatic N) is 2. The van der Waals surface area contributed by atoms with Gasteiger partial charge < -0.3 is 20.1 Å². The lowest BCUT2D eigenvalue weighted by molar-refractivity contribution is -0.918. The molecule has 5 rings (SSSR count). The van der Waals surface area contributed by atoms with Crippen molar-refractivity contribution < 1.29 is 37.7 Å². The number of anilines is 1. The fourth-order valence-corrected chi connectivity index (χ4v) is 6.63. The average molecular weight is 631 g/mol. The third-order valence-corrected chi connectivity index (χ3v) is 9.03. The number of urea groups is 1. The van der Waals surface area contributed by atoms with Gasteiger partial charge in [0.2, 0.25) is 0 Å². The van der Waals surface area contributed by atoms with Crippen molar-refractivity contribution >= 4 is 29.3 Å². The highest BCUT2D eigenvalue weighted by Crippen LogP contribution is 2.27. The molecule has 3 amide bonds. The Hall–Kier alpha value is -4.57. The summed E-state index contributed by atoms with van der Waals surface area (Å²) in [5.41, 5.74) is 8.93. The number of nitrogens with one attached hydrogen (secondary N) is 1. The molecule has 242 valence electrons. The maximum absolute atomic E-state index is 14.1. The summed E-state index contributed by atoms with van der Waals surface area (Å²) in [6.45, 7) is 1.95. The van der Waals surface area contributed by atoms with Crippen LogP contribution in [-0.4, -0.2) is 64.0 Å². The molecule has 1 saturated heterocycles. The Balaban J connectivity index is 1.40. The van der Waals surface area contributed by atoms with Crippen LogP contribution in [0.3, 0.4) is 0 Å². The summed E-state index contributed by atoms with van der Waals surface area (Å²) in [6.07, 6.45) is 6.43. The minimum absolute atomic E-state index is 0.0827. The first-order valence-electron chi connectivity index (χ1n) is 16.0. The molecule has 1 aliphatic heterocycles. The van der Waals surface area contributed by atoms with E-state index >= 15 is 0 Å². The van der Waals surface area contributed by atoms with Crippen LogP contribution in [-0.2, 0) is 22.6 Å². The topological polar surface area (TPSA) is 122 Å². The van der Waals surface area contributed by atoms with Crippen LogP contribution in [0.5, 0.6) is 11.5 Å². The zero-order chi connectivity index (χ0) is 32.7. The lowest BCUT2D eigenvalue weighted by atomic mass is 9.89. The minimum Gasteiger partial charge on any atom is -0.508 e. The number of piperidine rings is 1. The number of benzene rings is 3. The molecule has 10 heteroatoms. The normalized spacial score (nSPS) is 20.4. The fourth-order valence-electron chi connectivity index (χ4n) is 6.63. The van der Waals surface area contributed by atoms with E-state index in [1.807, 2.05) is 0 Å². The number of phenolic OH excluding ortho intramolecular Hbond substituents is 1. The van der Waals surface area contributed by atoms with Crippen molar-refractivity contribution in [3.05, 3.63) is 89.7 Å². The zero-order valence-corrected chi connectivity index (χ0v) is 26.3. The largest absolute Gasteiger partial charge is 0.508 e. The summed E-state index contributed by atoms with van der Waals surface area (Å²) in [5.74, 6) is -0.758. The van der Waals surface area contributed by atoms with Crippen molar-refractivity contribution in [3.8, 4) is 11.5 Å². The molecule has 4 N–H and O–H groups in total. The van der Waals surface area contributed by atoms with Gasteiger partial charge in [-0.1, -0.05) is 43.5 Å². The smallest absolute Gasteiger partial charge is 0.496 e. The molecule has 46 heavy (non-hydrogen) atoms. The molecule has 0 radical (unpaired) electrons. The summed E-state index contributed by atoms with van der Waals surface area (Å²) >= 11 is 0. The molecule has 9 nitrogen and oxygen atoms in total. The van der Waals surface area contributed by atoms with Crippen LogP contribution < -0.4 is 15.8 Å². The van der Waals surface area contributed by atoms with Crippen LogP contribution in [0.4, 0.5) is 14.9 Å². The molecule has 2 aliphatic rings. The van der Waals surface area contributed by atoms with Crippen LogP contribution in [0.1, 0.15) is 56.1 Å². The van der Waals surface area contributed by atoms with Crippen molar-refractivity contribution in [1.82, 2.24) is 0 Å². The van der Waals surface area contributed by atoms with Gasteiger partial charge in [0.1, 0.15) is 41.8 Å². The monoisotopic (exact) mass is 630 g/mol. The molecule has 1 aliphatic carbocycles. The highest BCUT2D eigenvalue weighted by Gasteiger charge is 2.39. The number of ether oxygens (including phenoxy) is 1. The van der Waals surface area contributed by atoms with E-state index in [9.17, 15) is 23.9 Å². The van der Waals surface area contributed by atoms with E-state index in [0.29, 0.717) is 35.4 Å². The second-order valence-electron chi connectivity index (χ2n) is 12.8. The Morgan fingerprint density at radius 3 is 2.26 bits per heavy atom. The molecule has 1 saturated carbocycles. The number of carbonyl (C=O) groups excluding carboxylic acids is 3. The maximum Gasteiger partial charge on any atom is 0.496 e. The van der Waals surface area contributed by atoms with Gasteiger partial charge in [-0.3, -0.25) is 9.59 Å². The van der Waals surface area contributed by atoms with Gasteiger partial charge in [-0.25, -0.2) is 9.71 Å². The number of halogens is 1. The average Bonchev–Trinajstić information content (AvgIpc) is 3.04. The van der Waals surface area contributed by atoms with Gasteiger partial charge in [-0.15, -0.1) is 0 Å². The molecule has 1 heterocycles. The van der Waals surface area contributed by atoms with Gasteiger partial charge in [0.05, 0.1) is 19.5 Å². The molecule has 3 aromatic rings. The van der Waals surface area contributed by atoms with E-state index < -0.39 is 18.0 Å². The lowest BCUT2D eigenvalue weighted by Gasteiger charge is -2.38. The first kappa shape index (κ1) is 32.8. The number of primary amides is 1. The van der Waals surface area contributed by atoms with E-state index in [4.69, 9.17) is 10.5 Å². The van der Waals surface area contributed by atoms with Crippen molar-refractivity contribution in [1.29, 1.82) is 0 Å². The van der Waals surface area contributed by atoms with E-state index in [2.05, 4.69) is 12.4 Å². The molecule has 2 atom stereocenters. The summed E-state index contributed by atoms with van der Waals surface area (Å²) in [7, 11) is 2.09. The van der Waals surface area contributed by atoms with E-state index in [-0.39, 0.29) is 29.9 Å². The Morgan fingerprint density at radius 2 is 1.61 bits per heavy atom. The third kappa shape index (κ3) is 8.57. The molecule has 0 spiro atoms. The van der Waals surface area contributed by atoms with Gasteiger partial charge in [0, 0.05) is 24.8 Å². The van der Waals surface area contributed by atoms with Gasteiger partial charge in [-0.2, -0.15) is 9.37 Å². The second-order valence-corrected chi connectivity index (χ2v) is 12.8. The number of esters is 1. The molecular weight excluding hydrogens is 587 g/mol. The third-order valence-electron chi connectivity index (χ3n) is 9.03. The minimum atomic E-state index is -0.993.